The fourth-order valence-corrected chi connectivity index (χ4v) is 4.61. The molecule has 1 N–H and O–H groups in total. The first kappa shape index (κ1) is 22.5. The molecule has 6 nitrogen and oxygen atoms in total. The Balaban J connectivity index is 1.46. The van der Waals surface area contributed by atoms with Gasteiger partial charge < -0.3 is 19.5 Å². The highest BCUT2D eigenvalue weighted by molar-refractivity contribution is 5.90. The van der Waals surface area contributed by atoms with Crippen LogP contribution >= 0.6 is 0 Å². The van der Waals surface area contributed by atoms with Crippen molar-refractivity contribution in [1.82, 2.24) is 9.47 Å². The molecule has 2 heterocycles. The number of carbonyl (C=O) groups excluding carboxylic acids is 2. The third-order valence-electron chi connectivity index (χ3n) is 6.20. The van der Waals surface area contributed by atoms with Gasteiger partial charge in [-0.1, -0.05) is 60.7 Å². The average Bonchev–Trinajstić information content (AvgIpc) is 3.30. The monoisotopic (exact) mass is 465 g/mol. The zero-order valence-electron chi connectivity index (χ0n) is 19.6. The summed E-state index contributed by atoms with van der Waals surface area (Å²) in [5.41, 5.74) is 5.73. The van der Waals surface area contributed by atoms with E-state index in [4.69, 9.17) is 4.74 Å². The van der Waals surface area contributed by atoms with Crippen LogP contribution in [-0.2, 0) is 22.5 Å². The van der Waals surface area contributed by atoms with Crippen molar-refractivity contribution >= 4 is 17.7 Å². The number of hydrogen-bond acceptors (Lipinski definition) is 3. The summed E-state index contributed by atoms with van der Waals surface area (Å²) in [6.45, 7) is 2.61. The second kappa shape index (κ2) is 9.89. The smallest absolute Gasteiger partial charge is 0.322 e. The number of anilines is 1. The van der Waals surface area contributed by atoms with Crippen molar-refractivity contribution in [3.05, 3.63) is 120 Å². The summed E-state index contributed by atoms with van der Waals surface area (Å²) in [5, 5.41) is 3.06. The van der Waals surface area contributed by atoms with Crippen molar-refractivity contribution in [3.63, 3.8) is 0 Å². The Morgan fingerprint density at radius 3 is 2.43 bits per heavy atom. The second-order valence-corrected chi connectivity index (χ2v) is 8.48. The van der Waals surface area contributed by atoms with Crippen LogP contribution in [0.25, 0.3) is 5.69 Å². The molecule has 0 spiro atoms. The maximum absolute atomic E-state index is 13.7. The number of ether oxygens (including phenoxy) is 1. The van der Waals surface area contributed by atoms with Gasteiger partial charge in [-0.05, 0) is 53.9 Å². The number of benzene rings is 3. The summed E-state index contributed by atoms with van der Waals surface area (Å²) in [6.07, 6.45) is 2.26. The van der Waals surface area contributed by atoms with E-state index >= 15 is 0 Å². The number of nitrogens with zero attached hydrogens (tertiary/aromatic N) is 2. The standard InChI is InChI=1S/C29H27N3O3/c1-2-35-27(33)19-21-14-16-24(17-15-21)30-29(34)32-20-23-11-6-7-12-25(23)31-18-8-13-26(31)28(32)22-9-4-3-5-10-22/h3-18,28H,2,19-20H2,1H3,(H,30,34)/t28-/m1/s1. The molecule has 0 aliphatic carbocycles. The Kier molecular flexibility index (Phi) is 6.35. The number of carbonyl (C=O) groups is 2. The molecule has 35 heavy (non-hydrogen) atoms. The Bertz CT molecular complexity index is 1330. The molecular weight excluding hydrogens is 438 g/mol. The lowest BCUT2D eigenvalue weighted by Crippen LogP contribution is -2.37. The van der Waals surface area contributed by atoms with Crippen LogP contribution < -0.4 is 5.32 Å². The highest BCUT2D eigenvalue weighted by atomic mass is 16.5. The van der Waals surface area contributed by atoms with E-state index in [1.807, 2.05) is 71.8 Å². The van der Waals surface area contributed by atoms with E-state index in [1.54, 1.807) is 6.92 Å². The van der Waals surface area contributed by atoms with Gasteiger partial charge in [0.15, 0.2) is 0 Å². The van der Waals surface area contributed by atoms with E-state index in [9.17, 15) is 9.59 Å². The Hall–Kier alpha value is -4.32. The molecule has 0 saturated carbocycles. The summed E-state index contributed by atoms with van der Waals surface area (Å²) in [4.78, 5) is 27.4. The van der Waals surface area contributed by atoms with Crippen LogP contribution in [0.5, 0.6) is 0 Å². The van der Waals surface area contributed by atoms with Gasteiger partial charge in [-0.3, -0.25) is 4.79 Å². The van der Waals surface area contributed by atoms with Gasteiger partial charge in [0, 0.05) is 17.6 Å². The zero-order valence-corrected chi connectivity index (χ0v) is 19.6. The molecule has 0 fully saturated rings. The summed E-state index contributed by atoms with van der Waals surface area (Å²) in [7, 11) is 0. The summed E-state index contributed by atoms with van der Waals surface area (Å²) < 4.78 is 7.19. The molecule has 0 radical (unpaired) electrons. The van der Waals surface area contributed by atoms with E-state index in [0.29, 0.717) is 18.8 Å². The van der Waals surface area contributed by atoms with Crippen molar-refractivity contribution < 1.29 is 14.3 Å². The number of fused-ring (bicyclic) bond motifs is 3. The number of nitrogens with one attached hydrogen (secondary N) is 1. The lowest BCUT2D eigenvalue weighted by molar-refractivity contribution is -0.142. The molecule has 1 aromatic heterocycles. The number of para-hydroxylation sites is 1. The van der Waals surface area contributed by atoms with E-state index in [1.165, 1.54) is 0 Å². The molecule has 6 heteroatoms. The largest absolute Gasteiger partial charge is 0.466 e. The van der Waals surface area contributed by atoms with Gasteiger partial charge in [-0.25, -0.2) is 4.79 Å². The molecule has 1 aliphatic heterocycles. The third kappa shape index (κ3) is 4.68. The summed E-state index contributed by atoms with van der Waals surface area (Å²) in [5.74, 6) is -0.263. The van der Waals surface area contributed by atoms with Crippen molar-refractivity contribution in [2.45, 2.75) is 25.9 Å². The maximum atomic E-state index is 13.7. The molecule has 1 aliphatic rings. The molecule has 1 atom stereocenters. The Morgan fingerprint density at radius 1 is 0.914 bits per heavy atom. The fraction of sp³-hybridized carbons (Fsp3) is 0.172. The third-order valence-corrected chi connectivity index (χ3v) is 6.20. The predicted octanol–water partition coefficient (Wildman–Crippen LogP) is 5.72. The van der Waals surface area contributed by atoms with Crippen LogP contribution in [0, 0.1) is 0 Å². The van der Waals surface area contributed by atoms with Gasteiger partial charge in [0.05, 0.1) is 31.3 Å². The van der Waals surface area contributed by atoms with E-state index in [2.05, 4.69) is 40.2 Å². The number of amides is 2. The highest BCUT2D eigenvalue weighted by Crippen LogP contribution is 2.36. The van der Waals surface area contributed by atoms with Gasteiger partial charge in [-0.2, -0.15) is 0 Å². The number of urea groups is 1. The number of esters is 1. The Labute approximate surface area is 204 Å². The molecule has 4 aromatic rings. The topological polar surface area (TPSA) is 63.6 Å². The summed E-state index contributed by atoms with van der Waals surface area (Å²) >= 11 is 0. The van der Waals surface area contributed by atoms with Gasteiger partial charge >= 0.3 is 12.0 Å². The van der Waals surface area contributed by atoms with Crippen molar-refractivity contribution in [2.75, 3.05) is 11.9 Å². The molecule has 0 bridgehead atoms. The molecule has 0 unspecified atom stereocenters. The van der Waals surface area contributed by atoms with Crippen LogP contribution in [0.1, 0.15) is 35.3 Å². The fourth-order valence-electron chi connectivity index (χ4n) is 4.61. The van der Waals surface area contributed by atoms with Gasteiger partial charge in [0.1, 0.15) is 0 Å². The molecular formula is C29H27N3O3. The minimum Gasteiger partial charge on any atom is -0.466 e. The molecule has 2 amide bonds. The van der Waals surface area contributed by atoms with Crippen LogP contribution in [-0.4, -0.2) is 28.1 Å². The van der Waals surface area contributed by atoms with Crippen molar-refractivity contribution in [2.24, 2.45) is 0 Å². The average molecular weight is 466 g/mol. The van der Waals surface area contributed by atoms with Gasteiger partial charge in [0.25, 0.3) is 0 Å². The van der Waals surface area contributed by atoms with E-state index in [0.717, 1.165) is 28.1 Å². The highest BCUT2D eigenvalue weighted by Gasteiger charge is 2.32. The lowest BCUT2D eigenvalue weighted by atomic mass is 10.0. The number of aromatic nitrogens is 1. The van der Waals surface area contributed by atoms with Crippen LogP contribution in [0.15, 0.2) is 97.2 Å². The second-order valence-electron chi connectivity index (χ2n) is 8.48. The lowest BCUT2D eigenvalue weighted by Gasteiger charge is -2.31. The van der Waals surface area contributed by atoms with E-state index in [-0.39, 0.29) is 24.5 Å². The number of rotatable bonds is 5. The quantitative estimate of drug-likeness (QED) is 0.384. The first-order chi connectivity index (χ1) is 17.1. The minimum atomic E-state index is -0.263. The summed E-state index contributed by atoms with van der Waals surface area (Å²) in [6, 6.07) is 29.2. The van der Waals surface area contributed by atoms with Crippen LogP contribution in [0.4, 0.5) is 10.5 Å². The van der Waals surface area contributed by atoms with Crippen LogP contribution in [0.3, 0.4) is 0 Å². The van der Waals surface area contributed by atoms with Crippen molar-refractivity contribution in [3.8, 4) is 5.69 Å². The molecule has 3 aromatic carbocycles. The number of hydrogen-bond donors (Lipinski definition) is 1. The van der Waals surface area contributed by atoms with Crippen LogP contribution in [0.2, 0.25) is 0 Å². The predicted molar refractivity (Wildman–Crippen MR) is 135 cm³/mol. The van der Waals surface area contributed by atoms with E-state index < -0.39 is 0 Å². The molecule has 5 rings (SSSR count). The van der Waals surface area contributed by atoms with Crippen molar-refractivity contribution in [1.29, 1.82) is 0 Å². The molecule has 0 saturated heterocycles. The molecule has 176 valence electrons. The first-order valence-corrected chi connectivity index (χ1v) is 11.8. The van der Waals surface area contributed by atoms with Gasteiger partial charge in [-0.15, -0.1) is 0 Å². The van der Waals surface area contributed by atoms with Gasteiger partial charge in [0.2, 0.25) is 0 Å². The minimum absolute atomic E-state index is 0.193. The first-order valence-electron chi connectivity index (χ1n) is 11.8. The SMILES string of the molecule is CCOC(=O)Cc1ccc(NC(=O)N2Cc3ccccc3-n3cccc3[C@H]2c2ccccc2)cc1. The maximum Gasteiger partial charge on any atom is 0.322 e. The normalized spacial score (nSPS) is 14.4. The Morgan fingerprint density at radius 2 is 1.66 bits per heavy atom. The zero-order chi connectivity index (χ0) is 24.2.